The zero-order valence-electron chi connectivity index (χ0n) is 40.4. The van der Waals surface area contributed by atoms with Crippen molar-refractivity contribution in [1.82, 2.24) is 0 Å². The first-order valence-corrected chi connectivity index (χ1v) is 22.4. The smallest absolute Gasteiger partial charge is 0.126 e. The van der Waals surface area contributed by atoms with Crippen molar-refractivity contribution in [2.45, 2.75) is 130 Å². The normalized spacial score (nSPS) is 13.5. The molecule has 0 aliphatic heterocycles. The summed E-state index contributed by atoms with van der Waals surface area (Å²) in [7, 11) is 3.39. The molecular formula is C54H76O8. The highest BCUT2D eigenvalue weighted by Crippen LogP contribution is 2.44. The van der Waals surface area contributed by atoms with E-state index in [1.54, 1.807) is 14.2 Å². The Balaban J connectivity index is 2.01. The average molecular weight is 853 g/mol. The quantitative estimate of drug-likeness (QED) is 0.107. The molecule has 4 aromatic carbocycles. The van der Waals surface area contributed by atoms with Crippen LogP contribution >= 0.6 is 0 Å². The number of ether oxygens (including phenoxy) is 6. The Bertz CT molecular complexity index is 1890. The molecule has 2 N–H and O–H groups in total. The molecule has 0 unspecified atom stereocenters. The molecular weight excluding hydrogens is 777 g/mol. The van der Waals surface area contributed by atoms with Crippen LogP contribution in [0.25, 0.3) is 0 Å². The van der Waals surface area contributed by atoms with Gasteiger partial charge in [-0.2, -0.15) is 0 Å². The van der Waals surface area contributed by atoms with Gasteiger partial charge in [0.05, 0.1) is 26.4 Å². The van der Waals surface area contributed by atoms with Gasteiger partial charge in [-0.25, -0.2) is 0 Å². The van der Waals surface area contributed by atoms with Crippen molar-refractivity contribution in [1.29, 1.82) is 0 Å². The molecule has 8 bridgehead atoms. The van der Waals surface area contributed by atoms with Crippen LogP contribution in [-0.2, 0) is 56.8 Å². The molecule has 8 nitrogen and oxygen atoms in total. The third-order valence-electron chi connectivity index (χ3n) is 11.7. The van der Waals surface area contributed by atoms with E-state index in [1.807, 2.05) is 0 Å². The third-order valence-corrected chi connectivity index (χ3v) is 11.7. The highest BCUT2D eigenvalue weighted by Gasteiger charge is 2.29. The van der Waals surface area contributed by atoms with Crippen molar-refractivity contribution >= 4 is 0 Å². The van der Waals surface area contributed by atoms with Gasteiger partial charge in [0.15, 0.2) is 0 Å². The zero-order valence-corrected chi connectivity index (χ0v) is 40.4. The minimum atomic E-state index is -0.176. The third kappa shape index (κ3) is 12.1. The molecule has 1 aliphatic carbocycles. The lowest BCUT2D eigenvalue weighted by molar-refractivity contribution is 0.145. The predicted octanol–water partition coefficient (Wildman–Crippen LogP) is 10.3. The molecule has 0 atom stereocenters. The fourth-order valence-corrected chi connectivity index (χ4v) is 8.11. The van der Waals surface area contributed by atoms with E-state index in [9.17, 15) is 10.2 Å². The van der Waals surface area contributed by atoms with E-state index in [-0.39, 0.29) is 48.1 Å². The predicted molar refractivity (Wildman–Crippen MR) is 252 cm³/mol. The SMILES string of the molecule is COCCOc1c2cc(C(C)(C)C)cc1Cc1cc(C(C)(C)C)cc(c1OCCO)Cc1cc(C(C)(C)C)cc(c1OCCOC)Cc1cc(C(C)(C)C)cc(c1OCCO)C2. The summed E-state index contributed by atoms with van der Waals surface area (Å²) < 4.78 is 38.1. The lowest BCUT2D eigenvalue weighted by Gasteiger charge is -2.29. The summed E-state index contributed by atoms with van der Waals surface area (Å²) in [6.45, 7) is 28.7. The molecule has 0 aromatic heterocycles. The number of hydrogen-bond donors (Lipinski definition) is 2. The van der Waals surface area contributed by atoms with Crippen molar-refractivity contribution in [3.8, 4) is 23.0 Å². The van der Waals surface area contributed by atoms with Crippen LogP contribution in [0.15, 0.2) is 48.5 Å². The molecule has 62 heavy (non-hydrogen) atoms. The summed E-state index contributed by atoms with van der Waals surface area (Å²) in [5.41, 5.74) is 12.4. The van der Waals surface area contributed by atoms with E-state index in [2.05, 4.69) is 132 Å². The van der Waals surface area contributed by atoms with E-state index >= 15 is 0 Å². The second-order valence-corrected chi connectivity index (χ2v) is 21.0. The number of hydrogen-bond acceptors (Lipinski definition) is 8. The number of methoxy groups -OCH3 is 2. The second kappa shape index (κ2) is 20.2. The maximum absolute atomic E-state index is 10.2. The van der Waals surface area contributed by atoms with Gasteiger partial charge in [-0.15, -0.1) is 0 Å². The second-order valence-electron chi connectivity index (χ2n) is 21.0. The monoisotopic (exact) mass is 853 g/mol. The van der Waals surface area contributed by atoms with Gasteiger partial charge in [0, 0.05) is 39.9 Å². The lowest BCUT2D eigenvalue weighted by atomic mass is 9.79. The molecule has 0 radical (unpaired) electrons. The van der Waals surface area contributed by atoms with Crippen LogP contribution in [0, 0.1) is 0 Å². The maximum Gasteiger partial charge on any atom is 0.126 e. The molecule has 8 heteroatoms. The molecule has 0 fully saturated rings. The average Bonchev–Trinajstić information content (AvgIpc) is 3.17. The summed E-state index contributed by atoms with van der Waals surface area (Å²) >= 11 is 0. The van der Waals surface area contributed by atoms with Crippen LogP contribution in [0.4, 0.5) is 0 Å². The topological polar surface area (TPSA) is 95.8 Å². The molecule has 0 heterocycles. The summed E-state index contributed by atoms with van der Waals surface area (Å²) in [6, 6.07) is 18.3. The molecule has 0 amide bonds. The summed E-state index contributed by atoms with van der Waals surface area (Å²) in [5, 5.41) is 20.4. The van der Waals surface area contributed by atoms with Gasteiger partial charge in [0.2, 0.25) is 0 Å². The number of fused-ring (bicyclic) bond motifs is 8. The molecule has 0 saturated carbocycles. The highest BCUT2D eigenvalue weighted by molar-refractivity contribution is 5.60. The Morgan fingerprint density at radius 1 is 0.339 bits per heavy atom. The Morgan fingerprint density at radius 2 is 0.532 bits per heavy atom. The molecule has 5 rings (SSSR count). The highest BCUT2D eigenvalue weighted by atomic mass is 16.5. The van der Waals surface area contributed by atoms with Crippen LogP contribution < -0.4 is 18.9 Å². The van der Waals surface area contributed by atoms with Crippen LogP contribution in [0.5, 0.6) is 23.0 Å². The fourth-order valence-electron chi connectivity index (χ4n) is 8.11. The molecule has 4 aromatic rings. The minimum absolute atomic E-state index is 0.112. The van der Waals surface area contributed by atoms with Gasteiger partial charge >= 0.3 is 0 Å². The van der Waals surface area contributed by atoms with Gasteiger partial charge < -0.3 is 38.6 Å². The summed E-state index contributed by atoms with van der Waals surface area (Å²) in [5.74, 6) is 3.19. The maximum atomic E-state index is 10.2. The van der Waals surface area contributed by atoms with Gasteiger partial charge in [-0.1, -0.05) is 132 Å². The van der Waals surface area contributed by atoms with E-state index in [0.717, 1.165) is 67.5 Å². The van der Waals surface area contributed by atoms with Crippen molar-refractivity contribution in [2.75, 3.05) is 67.1 Å². The number of aliphatic hydroxyl groups excluding tert-OH is 2. The van der Waals surface area contributed by atoms with Crippen molar-refractivity contribution in [2.24, 2.45) is 0 Å². The minimum Gasteiger partial charge on any atom is -0.491 e. The van der Waals surface area contributed by atoms with Gasteiger partial charge in [-0.05, 0) is 88.4 Å². The fraction of sp³-hybridized carbons (Fsp3) is 0.556. The Hall–Kier alpha value is -4.08. The van der Waals surface area contributed by atoms with E-state index in [4.69, 9.17) is 28.4 Å². The van der Waals surface area contributed by atoms with Gasteiger partial charge in [-0.3, -0.25) is 0 Å². The number of aliphatic hydroxyl groups is 2. The van der Waals surface area contributed by atoms with Crippen LogP contribution in [-0.4, -0.2) is 77.3 Å². The van der Waals surface area contributed by atoms with Crippen LogP contribution in [0.3, 0.4) is 0 Å². The van der Waals surface area contributed by atoms with Crippen molar-refractivity contribution in [3.05, 3.63) is 115 Å². The van der Waals surface area contributed by atoms with Crippen molar-refractivity contribution < 1.29 is 38.6 Å². The number of rotatable bonds is 14. The zero-order chi connectivity index (χ0) is 45.6. The number of benzene rings is 4. The molecule has 0 spiro atoms. The van der Waals surface area contributed by atoms with Crippen LogP contribution in [0.1, 0.15) is 150 Å². The first kappa shape index (κ1) is 48.9. The Kier molecular flexibility index (Phi) is 15.9. The molecule has 0 saturated heterocycles. The van der Waals surface area contributed by atoms with E-state index in [0.29, 0.717) is 52.1 Å². The van der Waals surface area contributed by atoms with Crippen molar-refractivity contribution in [3.63, 3.8) is 0 Å². The molecule has 340 valence electrons. The van der Waals surface area contributed by atoms with E-state index in [1.165, 1.54) is 22.3 Å². The Morgan fingerprint density at radius 3 is 0.694 bits per heavy atom. The first-order valence-electron chi connectivity index (χ1n) is 22.4. The van der Waals surface area contributed by atoms with Gasteiger partial charge in [0.25, 0.3) is 0 Å². The largest absolute Gasteiger partial charge is 0.491 e. The van der Waals surface area contributed by atoms with Gasteiger partial charge in [0.1, 0.15) is 49.4 Å². The molecule has 1 aliphatic rings. The first-order chi connectivity index (χ1) is 29.1. The standard InChI is InChI=1S/C54H76O8/c1-51(2,3)43-27-35-23-39-31-45(53(7,8)9)33-41(49(39)61-21-19-57-13)25-37-29-44(52(4,5)6)30-38(48(37)60-18-16-56)26-42-34-46(54(10,11)12)32-40(50(42)62-22-20-58-14)24-36(28-43)47(35)59-17-15-55/h27-34,55-56H,15-26H2,1-14H3. The summed E-state index contributed by atoms with van der Waals surface area (Å²) in [6.07, 6.45) is 2.12. The van der Waals surface area contributed by atoms with E-state index < -0.39 is 0 Å². The summed E-state index contributed by atoms with van der Waals surface area (Å²) in [4.78, 5) is 0. The Labute approximate surface area is 373 Å². The lowest BCUT2D eigenvalue weighted by Crippen LogP contribution is -2.18. The van der Waals surface area contributed by atoms with Crippen LogP contribution in [0.2, 0.25) is 0 Å².